The van der Waals surface area contributed by atoms with Gasteiger partial charge >= 0.3 is 17.2 Å². The average molecular weight is 585 g/mol. The van der Waals surface area contributed by atoms with Crippen LogP contribution in [-0.2, 0) is 20.1 Å². The molecule has 0 radical (unpaired) electrons. The molecular formula is C30H34O8P2. The van der Waals surface area contributed by atoms with Crippen LogP contribution in [0.5, 0.6) is 0 Å². The normalized spacial score (nSPS) is 13.8. The highest BCUT2D eigenvalue weighted by molar-refractivity contribution is 7.53. The van der Waals surface area contributed by atoms with Crippen molar-refractivity contribution in [2.24, 2.45) is 0 Å². The van der Waals surface area contributed by atoms with Crippen molar-refractivity contribution in [3.63, 3.8) is 0 Å². The summed E-state index contributed by atoms with van der Waals surface area (Å²) in [5.41, 5.74) is 1.14. The Hall–Kier alpha value is -2.58. The molecule has 0 aliphatic rings. The second kappa shape index (κ2) is 15.4. The van der Waals surface area contributed by atoms with Crippen LogP contribution >= 0.6 is 17.2 Å². The summed E-state index contributed by atoms with van der Waals surface area (Å²) in [4.78, 5) is 31.3. The van der Waals surface area contributed by atoms with E-state index < -0.39 is 34.3 Å². The molecule has 0 heterocycles. The van der Waals surface area contributed by atoms with Crippen LogP contribution in [0.4, 0.5) is 0 Å². The summed E-state index contributed by atoms with van der Waals surface area (Å²) in [5, 5.41) is 22.5. The summed E-state index contributed by atoms with van der Waals surface area (Å²) in [5.74, 6) is 0. The lowest BCUT2D eigenvalue weighted by Crippen LogP contribution is -2.54. The van der Waals surface area contributed by atoms with Gasteiger partial charge in [-0.15, -0.1) is 0 Å². The molecule has 212 valence electrons. The number of hydrogen-bond donors (Lipinski definition) is 6. The van der Waals surface area contributed by atoms with Crippen molar-refractivity contribution in [2.75, 3.05) is 13.2 Å². The maximum Gasteiger partial charge on any atom is 0.334 e. The Bertz CT molecular complexity index is 1150. The molecule has 2 atom stereocenters. The zero-order valence-corrected chi connectivity index (χ0v) is 23.7. The molecule has 4 aromatic carbocycles. The van der Waals surface area contributed by atoms with Crippen LogP contribution in [0.2, 0.25) is 0 Å². The minimum Gasteiger partial charge on any atom is -0.394 e. The monoisotopic (exact) mass is 584 g/mol. The van der Waals surface area contributed by atoms with Gasteiger partial charge in [-0.1, -0.05) is 121 Å². The van der Waals surface area contributed by atoms with E-state index in [0.29, 0.717) is 0 Å². The highest BCUT2D eigenvalue weighted by atomic mass is 31.2. The van der Waals surface area contributed by atoms with Gasteiger partial charge in [-0.3, -0.25) is 0 Å². The summed E-state index contributed by atoms with van der Waals surface area (Å²) < 4.78 is 9.68. The topological polar surface area (TPSA) is 140 Å². The molecule has 0 aromatic heterocycles. The van der Waals surface area contributed by atoms with Gasteiger partial charge in [0.05, 0.1) is 24.7 Å². The predicted molar refractivity (Wildman–Crippen MR) is 156 cm³/mol. The minimum absolute atomic E-state index is 0.00256. The first-order valence-electron chi connectivity index (χ1n) is 12.5. The zero-order chi connectivity index (χ0) is 29.0. The molecule has 6 N–H and O–H groups in total. The molecule has 0 fully saturated rings. The summed E-state index contributed by atoms with van der Waals surface area (Å²) in [6.45, 7) is 1.68. The Balaban J connectivity index is 0.000000559. The first-order valence-corrected chi connectivity index (χ1v) is 14.8. The van der Waals surface area contributed by atoms with Crippen molar-refractivity contribution in [2.45, 2.75) is 24.0 Å². The van der Waals surface area contributed by atoms with E-state index in [9.17, 15) is 10.2 Å². The van der Waals surface area contributed by atoms with Crippen molar-refractivity contribution < 1.29 is 38.8 Å². The van der Waals surface area contributed by atoms with E-state index >= 15 is 0 Å². The number of ether oxygens (including phenoxy) is 1. The van der Waals surface area contributed by atoms with Crippen LogP contribution in [0.1, 0.15) is 29.2 Å². The number of aliphatic hydroxyl groups excluding tert-OH is 1. The third kappa shape index (κ3) is 7.58. The minimum atomic E-state index is -2.61. The van der Waals surface area contributed by atoms with Gasteiger partial charge in [0.15, 0.2) is 0 Å². The van der Waals surface area contributed by atoms with Gasteiger partial charge in [0.1, 0.15) is 5.60 Å². The molecule has 0 amide bonds. The van der Waals surface area contributed by atoms with E-state index in [1.54, 1.807) is 6.92 Å². The Kier molecular flexibility index (Phi) is 12.3. The summed E-state index contributed by atoms with van der Waals surface area (Å²) in [7, 11) is -5.22. The van der Waals surface area contributed by atoms with E-state index in [1.807, 2.05) is 84.9 Å². The lowest BCUT2D eigenvalue weighted by atomic mass is 9.57. The van der Waals surface area contributed by atoms with E-state index in [-0.39, 0.29) is 13.2 Å². The fraction of sp³-hybridized carbons (Fsp3) is 0.200. The van der Waals surface area contributed by atoms with Gasteiger partial charge in [0.2, 0.25) is 0 Å². The largest absolute Gasteiger partial charge is 0.394 e. The van der Waals surface area contributed by atoms with Gasteiger partial charge in [-0.25, -0.2) is 4.31 Å². The Morgan fingerprint density at radius 3 is 1.20 bits per heavy atom. The molecule has 4 rings (SSSR count). The van der Waals surface area contributed by atoms with E-state index in [2.05, 4.69) is 40.7 Å². The highest BCUT2D eigenvalue weighted by Gasteiger charge is 2.55. The molecule has 2 unspecified atom stereocenters. The third-order valence-electron chi connectivity index (χ3n) is 6.47. The first kappa shape index (κ1) is 31.9. The molecule has 0 spiro atoms. The lowest BCUT2D eigenvalue weighted by molar-refractivity contribution is -0.109. The second-order valence-electron chi connectivity index (χ2n) is 8.97. The molecule has 4 aromatic rings. The Morgan fingerprint density at radius 2 is 0.925 bits per heavy atom. The SMILES string of the molecule is CC(CO)OCC(O)(c1ccccc1)C(c1ccccc1)(c1ccccc1)c1ccccc1.OP(O)OP(O)O. The van der Waals surface area contributed by atoms with Gasteiger partial charge in [-0.2, -0.15) is 0 Å². The lowest BCUT2D eigenvalue weighted by Gasteiger charge is -2.49. The van der Waals surface area contributed by atoms with Gasteiger partial charge < -0.3 is 34.5 Å². The number of aliphatic hydroxyl groups is 2. The maximum absolute atomic E-state index is 12.9. The molecule has 0 bridgehead atoms. The summed E-state index contributed by atoms with van der Waals surface area (Å²) in [6, 6.07) is 40.0. The molecule has 10 heteroatoms. The molecule has 0 saturated heterocycles. The smallest absolute Gasteiger partial charge is 0.334 e. The molecule has 0 saturated carbocycles. The van der Waals surface area contributed by atoms with E-state index in [4.69, 9.17) is 24.3 Å². The molecule has 8 nitrogen and oxygen atoms in total. The standard InChI is InChI=1S/C30H30O3.H4O5P2/c1-24(22-31)33-23-29(32,25-14-6-2-7-15-25)30(26-16-8-3-9-17-26,27-18-10-4-11-19-27)28-20-12-5-13-21-28;1-6(2)5-7(3)4/h2-21,24,31-32H,22-23H2,1H3;1-4H. The van der Waals surface area contributed by atoms with Crippen LogP contribution < -0.4 is 0 Å². The van der Waals surface area contributed by atoms with Crippen LogP contribution in [0.15, 0.2) is 121 Å². The van der Waals surface area contributed by atoms with Crippen molar-refractivity contribution in [3.05, 3.63) is 144 Å². The number of benzene rings is 4. The van der Waals surface area contributed by atoms with Crippen molar-refractivity contribution in [1.82, 2.24) is 0 Å². The Morgan fingerprint density at radius 1 is 0.600 bits per heavy atom. The fourth-order valence-electron chi connectivity index (χ4n) is 4.78. The fourth-order valence-corrected chi connectivity index (χ4v) is 5.31. The quantitative estimate of drug-likeness (QED) is 0.110. The van der Waals surface area contributed by atoms with Crippen LogP contribution in [0, 0.1) is 0 Å². The molecule has 40 heavy (non-hydrogen) atoms. The van der Waals surface area contributed by atoms with E-state index in [1.165, 1.54) is 0 Å². The molecule has 0 aliphatic heterocycles. The van der Waals surface area contributed by atoms with Crippen LogP contribution in [-0.4, -0.2) is 49.1 Å². The Labute approximate surface area is 236 Å². The first-order chi connectivity index (χ1) is 19.3. The zero-order valence-electron chi connectivity index (χ0n) is 21.9. The third-order valence-corrected chi connectivity index (χ3v) is 7.64. The van der Waals surface area contributed by atoms with Crippen LogP contribution in [0.25, 0.3) is 0 Å². The summed E-state index contributed by atoms with van der Waals surface area (Å²) in [6.07, 6.45) is -0.416. The number of rotatable bonds is 11. The van der Waals surface area contributed by atoms with Crippen molar-refractivity contribution in [3.8, 4) is 0 Å². The number of hydrogen-bond acceptors (Lipinski definition) is 8. The van der Waals surface area contributed by atoms with E-state index in [0.717, 1.165) is 22.3 Å². The molecule has 0 aliphatic carbocycles. The van der Waals surface area contributed by atoms with Gasteiger partial charge in [0, 0.05) is 0 Å². The van der Waals surface area contributed by atoms with Gasteiger partial charge in [-0.05, 0) is 29.2 Å². The van der Waals surface area contributed by atoms with Crippen molar-refractivity contribution in [1.29, 1.82) is 0 Å². The second-order valence-corrected chi connectivity index (χ2v) is 10.6. The van der Waals surface area contributed by atoms with Gasteiger partial charge in [0.25, 0.3) is 0 Å². The van der Waals surface area contributed by atoms with Crippen molar-refractivity contribution >= 4 is 17.2 Å². The van der Waals surface area contributed by atoms with Crippen LogP contribution in [0.3, 0.4) is 0 Å². The molecular weight excluding hydrogens is 550 g/mol. The maximum atomic E-state index is 12.9. The summed E-state index contributed by atoms with van der Waals surface area (Å²) >= 11 is 0. The predicted octanol–water partition coefficient (Wildman–Crippen LogP) is 4.73. The highest BCUT2D eigenvalue weighted by Crippen LogP contribution is 2.52. The average Bonchev–Trinajstić information content (AvgIpc) is 2.98.